The van der Waals surface area contributed by atoms with E-state index in [1.807, 2.05) is 6.92 Å². The minimum Gasteiger partial charge on any atom is -0.478 e. The van der Waals surface area contributed by atoms with Crippen molar-refractivity contribution in [2.45, 2.75) is 6.92 Å². The van der Waals surface area contributed by atoms with Gasteiger partial charge in [0.2, 0.25) is 5.78 Å². The molecule has 0 unspecified atom stereocenters. The molecule has 1 aromatic heterocycles. The minimum atomic E-state index is -1.09. The van der Waals surface area contributed by atoms with Crippen LogP contribution in [0.15, 0.2) is 34.1 Å². The summed E-state index contributed by atoms with van der Waals surface area (Å²) >= 11 is 4.67. The predicted molar refractivity (Wildman–Crippen MR) is 73.6 cm³/mol. The van der Waals surface area contributed by atoms with Crippen LogP contribution in [0.1, 0.15) is 31.2 Å². The molecule has 0 aliphatic heterocycles. The number of carboxylic acid groups (broad SMARTS) is 1. The second-order valence-corrected chi connectivity index (χ2v) is 6.12. The summed E-state index contributed by atoms with van der Waals surface area (Å²) in [6, 6.07) is 8.00. The van der Waals surface area contributed by atoms with Crippen molar-refractivity contribution in [2.24, 2.45) is 0 Å². The number of ketones is 1. The average molecular weight is 325 g/mol. The van der Waals surface area contributed by atoms with Gasteiger partial charge >= 0.3 is 5.97 Å². The third-order valence-corrected chi connectivity index (χ3v) is 4.62. The molecule has 3 nitrogen and oxygen atoms in total. The first-order chi connectivity index (χ1) is 8.50. The van der Waals surface area contributed by atoms with Gasteiger partial charge in [0.1, 0.15) is 0 Å². The minimum absolute atomic E-state index is 0.0321. The molecule has 0 saturated carbocycles. The molecule has 2 rings (SSSR count). The number of carboxylic acids is 1. The molecule has 0 spiro atoms. The summed E-state index contributed by atoms with van der Waals surface area (Å²) in [5, 5.41) is 9.06. The van der Waals surface area contributed by atoms with Crippen molar-refractivity contribution < 1.29 is 14.7 Å². The molecule has 0 fully saturated rings. The molecule has 92 valence electrons. The van der Waals surface area contributed by atoms with Crippen LogP contribution in [-0.4, -0.2) is 16.9 Å². The molecule has 1 aromatic carbocycles. The Kier molecular flexibility index (Phi) is 3.63. The maximum Gasteiger partial charge on any atom is 0.336 e. The smallest absolute Gasteiger partial charge is 0.336 e. The Balaban J connectivity index is 2.49. The van der Waals surface area contributed by atoms with Crippen LogP contribution < -0.4 is 0 Å². The highest BCUT2D eigenvalue weighted by atomic mass is 79.9. The summed E-state index contributed by atoms with van der Waals surface area (Å²) < 4.78 is 0.888. The molecular weight excluding hydrogens is 316 g/mol. The van der Waals surface area contributed by atoms with Crippen LogP contribution in [0.5, 0.6) is 0 Å². The molecular formula is C13H9BrO3S. The number of aryl methyl sites for hydroxylation is 1. The van der Waals surface area contributed by atoms with Crippen molar-refractivity contribution in [1.29, 1.82) is 0 Å². The molecule has 0 bridgehead atoms. The fraction of sp³-hybridized carbons (Fsp3) is 0.0769. The van der Waals surface area contributed by atoms with Crippen LogP contribution in [0.3, 0.4) is 0 Å². The Morgan fingerprint density at radius 1 is 1.22 bits per heavy atom. The van der Waals surface area contributed by atoms with Gasteiger partial charge in [-0.25, -0.2) is 4.79 Å². The highest BCUT2D eigenvalue weighted by molar-refractivity contribution is 9.11. The van der Waals surface area contributed by atoms with Gasteiger partial charge < -0.3 is 5.11 Å². The van der Waals surface area contributed by atoms with Crippen LogP contribution in [0.2, 0.25) is 0 Å². The lowest BCUT2D eigenvalue weighted by Gasteiger charge is -2.02. The number of thiophene rings is 1. The topological polar surface area (TPSA) is 54.4 Å². The molecule has 0 atom stereocenters. The van der Waals surface area contributed by atoms with Gasteiger partial charge in [0.25, 0.3) is 0 Å². The van der Waals surface area contributed by atoms with Crippen LogP contribution >= 0.6 is 27.3 Å². The van der Waals surface area contributed by atoms with Crippen LogP contribution in [-0.2, 0) is 0 Å². The number of halogens is 1. The van der Waals surface area contributed by atoms with E-state index in [1.54, 1.807) is 18.2 Å². The van der Waals surface area contributed by atoms with Crippen LogP contribution in [0, 0.1) is 6.92 Å². The summed E-state index contributed by atoms with van der Waals surface area (Å²) in [6.45, 7) is 1.89. The largest absolute Gasteiger partial charge is 0.478 e. The van der Waals surface area contributed by atoms with Gasteiger partial charge in [0.15, 0.2) is 0 Å². The summed E-state index contributed by atoms with van der Waals surface area (Å²) in [5.74, 6) is -1.35. The number of carbonyl (C=O) groups is 2. The number of hydrogen-bond acceptors (Lipinski definition) is 3. The van der Waals surface area contributed by atoms with Crippen molar-refractivity contribution in [3.63, 3.8) is 0 Å². The zero-order chi connectivity index (χ0) is 13.3. The molecule has 1 N–H and O–H groups in total. The SMILES string of the molecule is Cc1cc(C(=O)c2ccccc2C(=O)O)sc1Br. The lowest BCUT2D eigenvalue weighted by Crippen LogP contribution is -2.08. The highest BCUT2D eigenvalue weighted by Crippen LogP contribution is 2.29. The fourth-order valence-electron chi connectivity index (χ4n) is 1.57. The zero-order valence-electron chi connectivity index (χ0n) is 9.44. The van der Waals surface area contributed by atoms with E-state index in [9.17, 15) is 9.59 Å². The summed E-state index contributed by atoms with van der Waals surface area (Å²) in [7, 11) is 0. The standard InChI is InChI=1S/C13H9BrO3S/c1-7-6-10(18-12(7)14)11(15)8-4-2-3-5-9(8)13(16)17/h2-6H,1H3,(H,16,17). The summed E-state index contributed by atoms with van der Waals surface area (Å²) in [5.41, 5.74) is 1.22. The Hall–Kier alpha value is -1.46. The number of hydrogen-bond donors (Lipinski definition) is 1. The normalized spacial score (nSPS) is 10.3. The molecule has 0 amide bonds. The van der Waals surface area contributed by atoms with E-state index in [0.717, 1.165) is 9.35 Å². The summed E-state index contributed by atoms with van der Waals surface area (Å²) in [4.78, 5) is 23.9. The first-order valence-corrected chi connectivity index (χ1v) is 6.74. The molecule has 0 aliphatic carbocycles. The van der Waals surface area contributed by atoms with Gasteiger partial charge in [-0.1, -0.05) is 18.2 Å². The third kappa shape index (κ3) is 2.37. The Labute approximate surface area is 116 Å². The first-order valence-electron chi connectivity index (χ1n) is 5.13. The van der Waals surface area contributed by atoms with Crippen molar-refractivity contribution >= 4 is 39.0 Å². The van der Waals surface area contributed by atoms with Gasteiger partial charge in [0.05, 0.1) is 14.2 Å². The third-order valence-electron chi connectivity index (χ3n) is 2.48. The zero-order valence-corrected chi connectivity index (χ0v) is 11.8. The van der Waals surface area contributed by atoms with Crippen LogP contribution in [0.25, 0.3) is 0 Å². The highest BCUT2D eigenvalue weighted by Gasteiger charge is 2.19. The Bertz CT molecular complexity index is 611. The van der Waals surface area contributed by atoms with Crippen molar-refractivity contribution in [2.75, 3.05) is 0 Å². The van der Waals surface area contributed by atoms with E-state index in [-0.39, 0.29) is 16.9 Å². The van der Waals surface area contributed by atoms with Crippen LogP contribution in [0.4, 0.5) is 0 Å². The lowest BCUT2D eigenvalue weighted by atomic mass is 10.0. The van der Waals surface area contributed by atoms with E-state index in [2.05, 4.69) is 15.9 Å². The molecule has 18 heavy (non-hydrogen) atoms. The fourth-order valence-corrected chi connectivity index (χ4v) is 3.06. The van der Waals surface area contributed by atoms with Crippen molar-refractivity contribution in [3.8, 4) is 0 Å². The van der Waals surface area contributed by atoms with E-state index in [4.69, 9.17) is 5.11 Å². The molecule has 0 aliphatic rings. The quantitative estimate of drug-likeness (QED) is 0.875. The second-order valence-electron chi connectivity index (χ2n) is 3.75. The number of benzene rings is 1. The second kappa shape index (κ2) is 5.04. The van der Waals surface area contributed by atoms with E-state index in [1.165, 1.54) is 23.5 Å². The molecule has 5 heteroatoms. The Morgan fingerprint density at radius 3 is 2.33 bits per heavy atom. The van der Waals surface area contributed by atoms with Gasteiger partial charge in [0, 0.05) is 5.56 Å². The monoisotopic (exact) mass is 324 g/mol. The molecule has 1 heterocycles. The van der Waals surface area contributed by atoms with E-state index >= 15 is 0 Å². The van der Waals surface area contributed by atoms with Gasteiger partial charge in [-0.3, -0.25) is 4.79 Å². The molecule has 0 radical (unpaired) electrons. The van der Waals surface area contributed by atoms with E-state index < -0.39 is 5.97 Å². The molecule has 2 aromatic rings. The first kappa shape index (κ1) is 13.0. The maximum absolute atomic E-state index is 12.3. The van der Waals surface area contributed by atoms with Crippen molar-refractivity contribution in [1.82, 2.24) is 0 Å². The van der Waals surface area contributed by atoms with Gasteiger partial charge in [-0.05, 0) is 40.5 Å². The number of aromatic carboxylic acids is 1. The lowest BCUT2D eigenvalue weighted by molar-refractivity contribution is 0.0693. The Morgan fingerprint density at radius 2 is 1.83 bits per heavy atom. The average Bonchev–Trinajstić information content (AvgIpc) is 2.68. The maximum atomic E-state index is 12.3. The number of rotatable bonds is 3. The predicted octanol–water partition coefficient (Wildman–Crippen LogP) is 3.75. The molecule has 0 saturated heterocycles. The van der Waals surface area contributed by atoms with E-state index in [0.29, 0.717) is 4.88 Å². The van der Waals surface area contributed by atoms with Gasteiger partial charge in [-0.15, -0.1) is 11.3 Å². The van der Waals surface area contributed by atoms with Gasteiger partial charge in [-0.2, -0.15) is 0 Å². The number of carbonyl (C=O) groups excluding carboxylic acids is 1. The van der Waals surface area contributed by atoms with Crippen molar-refractivity contribution in [3.05, 3.63) is 55.7 Å². The summed E-state index contributed by atoms with van der Waals surface area (Å²) in [6.07, 6.45) is 0.